The molecule has 0 saturated heterocycles. The van der Waals surface area contributed by atoms with Gasteiger partial charge in [0.05, 0.1) is 11.0 Å². The highest BCUT2D eigenvalue weighted by molar-refractivity contribution is 6.28. The minimum atomic E-state index is 0.952. The lowest BCUT2D eigenvalue weighted by Gasteiger charge is -2.22. The van der Waals surface area contributed by atoms with E-state index in [0.717, 1.165) is 28.0 Å². The van der Waals surface area contributed by atoms with E-state index in [2.05, 4.69) is 296 Å². The van der Waals surface area contributed by atoms with Gasteiger partial charge in [-0.1, -0.05) is 224 Å². The predicted octanol–water partition coefficient (Wildman–Crippen LogP) is 20.7. The summed E-state index contributed by atoms with van der Waals surface area (Å²) in [5, 5.41) is 15.8. The Morgan fingerprint density at radius 2 is 0.650 bits per heavy atom. The molecule has 0 amide bonds. The molecule has 2 heterocycles. The first-order valence-electron chi connectivity index (χ1n) is 27.6. The minimum absolute atomic E-state index is 0.952. The fourth-order valence-electron chi connectivity index (χ4n) is 13.2. The van der Waals surface area contributed by atoms with Gasteiger partial charge >= 0.3 is 0 Å². The maximum absolute atomic E-state index is 5.17. The molecule has 14 aromatic carbocycles. The molecule has 3 nitrogen and oxygen atoms in total. The van der Waals surface area contributed by atoms with Crippen molar-refractivity contribution in [3.8, 4) is 78.3 Å². The molecule has 0 radical (unpaired) electrons. The van der Waals surface area contributed by atoms with Gasteiger partial charge in [0.15, 0.2) is 0 Å². The standard InChI is InChI=1S/C77H51N3/c1-79-72(50-19-5-3-6-20-50)45-58-38-37-56(43-73(58)79)61-27-15-31-65-69(61)47-70-62(57-39-40-71-74(44-57)80(2)77(78-71)51-21-7-4-8-22-51)28-16-32-66(70)76(65)75-63-29-13-25-59(54-35-33-48-17-9-11-23-52(48)41-54)67(63)46-68-60(26-14-30-64(68)75)55-36-34-49-18-10-12-24-53(49)42-55/h3-47H,1-2H3. The third kappa shape index (κ3) is 7.25. The van der Waals surface area contributed by atoms with Crippen molar-refractivity contribution >= 4 is 86.6 Å². The van der Waals surface area contributed by atoms with E-state index in [1.807, 2.05) is 0 Å². The lowest BCUT2D eigenvalue weighted by Crippen LogP contribution is -1.95. The number of hydrogen-bond donors (Lipinski definition) is 0. The number of fused-ring (bicyclic) bond motifs is 8. The van der Waals surface area contributed by atoms with E-state index < -0.39 is 0 Å². The van der Waals surface area contributed by atoms with Crippen LogP contribution in [0.3, 0.4) is 0 Å². The lowest BCUT2D eigenvalue weighted by molar-refractivity contribution is 0.959. The summed E-state index contributed by atoms with van der Waals surface area (Å²) in [6, 6.07) is 101. The summed E-state index contributed by atoms with van der Waals surface area (Å²) < 4.78 is 4.59. The molecule has 374 valence electrons. The summed E-state index contributed by atoms with van der Waals surface area (Å²) in [5.41, 5.74) is 18.7. The summed E-state index contributed by atoms with van der Waals surface area (Å²) in [7, 11) is 4.33. The Balaban J connectivity index is 1.02. The van der Waals surface area contributed by atoms with Crippen LogP contribution in [0, 0.1) is 0 Å². The van der Waals surface area contributed by atoms with Gasteiger partial charge in [-0.3, -0.25) is 0 Å². The first kappa shape index (κ1) is 45.8. The monoisotopic (exact) mass is 1020 g/mol. The molecule has 0 bridgehead atoms. The molecule has 0 aliphatic rings. The van der Waals surface area contributed by atoms with E-state index in [4.69, 9.17) is 4.98 Å². The quantitative estimate of drug-likeness (QED) is 0.146. The van der Waals surface area contributed by atoms with Crippen molar-refractivity contribution in [2.75, 3.05) is 0 Å². The molecule has 0 unspecified atom stereocenters. The second-order valence-electron chi connectivity index (χ2n) is 21.5. The molecule has 0 fully saturated rings. The molecule has 16 aromatic rings. The molecular formula is C77H51N3. The maximum atomic E-state index is 5.17. The van der Waals surface area contributed by atoms with Gasteiger partial charge in [-0.2, -0.15) is 0 Å². The van der Waals surface area contributed by atoms with Crippen molar-refractivity contribution in [1.82, 2.24) is 14.1 Å². The molecule has 0 aliphatic heterocycles. The average Bonchev–Trinajstić information content (AvgIpc) is 4.04. The Labute approximate surface area is 463 Å². The van der Waals surface area contributed by atoms with E-state index in [-0.39, 0.29) is 0 Å². The van der Waals surface area contributed by atoms with Crippen LogP contribution in [0.15, 0.2) is 273 Å². The number of aromatic nitrogens is 3. The Morgan fingerprint density at radius 1 is 0.250 bits per heavy atom. The normalized spacial score (nSPS) is 11.9. The molecule has 16 rings (SSSR count). The molecule has 2 aromatic heterocycles. The molecule has 0 spiro atoms. The van der Waals surface area contributed by atoms with Crippen LogP contribution >= 0.6 is 0 Å². The number of benzene rings is 14. The molecule has 80 heavy (non-hydrogen) atoms. The molecule has 0 aliphatic carbocycles. The van der Waals surface area contributed by atoms with E-state index in [1.54, 1.807) is 0 Å². The van der Waals surface area contributed by atoms with Gasteiger partial charge in [-0.15, -0.1) is 0 Å². The summed E-state index contributed by atoms with van der Waals surface area (Å²) in [4.78, 5) is 5.17. The third-order valence-corrected chi connectivity index (χ3v) is 17.1. The third-order valence-electron chi connectivity index (χ3n) is 17.1. The smallest absolute Gasteiger partial charge is 0.140 e. The Bertz CT molecular complexity index is 4880. The largest absolute Gasteiger partial charge is 0.344 e. The van der Waals surface area contributed by atoms with Crippen molar-refractivity contribution < 1.29 is 0 Å². The average molecular weight is 1020 g/mol. The van der Waals surface area contributed by atoms with Crippen LogP contribution in [-0.4, -0.2) is 14.1 Å². The van der Waals surface area contributed by atoms with E-state index in [1.165, 1.54) is 137 Å². The molecule has 0 N–H and O–H groups in total. The Hall–Kier alpha value is -10.4. The van der Waals surface area contributed by atoms with Gasteiger partial charge < -0.3 is 9.13 Å². The molecule has 0 saturated carbocycles. The summed E-state index contributed by atoms with van der Waals surface area (Å²) in [6.07, 6.45) is 0. The number of nitrogens with zero attached hydrogens (tertiary/aromatic N) is 3. The van der Waals surface area contributed by atoms with Crippen molar-refractivity contribution in [2.45, 2.75) is 0 Å². The van der Waals surface area contributed by atoms with Gasteiger partial charge in [0.2, 0.25) is 0 Å². The predicted molar refractivity (Wildman–Crippen MR) is 340 cm³/mol. The fraction of sp³-hybridized carbons (Fsp3) is 0.0260. The van der Waals surface area contributed by atoms with E-state index in [0.29, 0.717) is 0 Å². The first-order valence-corrected chi connectivity index (χ1v) is 27.6. The first-order chi connectivity index (χ1) is 39.5. The zero-order chi connectivity index (χ0) is 53.0. The van der Waals surface area contributed by atoms with Crippen LogP contribution in [-0.2, 0) is 14.1 Å². The van der Waals surface area contributed by atoms with Crippen LogP contribution in [0.2, 0.25) is 0 Å². The van der Waals surface area contributed by atoms with Crippen LogP contribution in [0.5, 0.6) is 0 Å². The SMILES string of the molecule is Cn1c(-c2ccccc2)cc2ccc(-c3cccc4c(-c5c6cccc(-c7ccc8ccccc8c7)c6cc6c(-c7ccc8ccccc8c7)cccc56)c5cccc(-c6ccc7nc(-c8ccccc8)n(C)c7c6)c5cc34)cc21. The number of rotatable bonds is 7. The molecule has 0 atom stereocenters. The number of hydrogen-bond acceptors (Lipinski definition) is 1. The van der Waals surface area contributed by atoms with Gasteiger partial charge in [0.25, 0.3) is 0 Å². The Morgan fingerprint density at radius 3 is 1.14 bits per heavy atom. The van der Waals surface area contributed by atoms with Gasteiger partial charge in [-0.05, 0) is 174 Å². The second-order valence-corrected chi connectivity index (χ2v) is 21.5. The second kappa shape index (κ2) is 18.1. The highest BCUT2D eigenvalue weighted by Gasteiger charge is 2.23. The van der Waals surface area contributed by atoms with E-state index in [9.17, 15) is 0 Å². The molecular weight excluding hydrogens is 967 g/mol. The van der Waals surface area contributed by atoms with Crippen molar-refractivity contribution in [3.05, 3.63) is 273 Å². The van der Waals surface area contributed by atoms with Gasteiger partial charge in [-0.25, -0.2) is 4.98 Å². The van der Waals surface area contributed by atoms with Crippen LogP contribution in [0.1, 0.15) is 0 Å². The Kier molecular flexibility index (Phi) is 10.4. The number of imidazole rings is 1. The van der Waals surface area contributed by atoms with Gasteiger partial charge in [0, 0.05) is 36.3 Å². The fourth-order valence-corrected chi connectivity index (χ4v) is 13.2. The highest BCUT2D eigenvalue weighted by Crippen LogP contribution is 2.50. The summed E-state index contributed by atoms with van der Waals surface area (Å²) >= 11 is 0. The number of aryl methyl sites for hydroxylation is 2. The topological polar surface area (TPSA) is 22.8 Å². The zero-order valence-corrected chi connectivity index (χ0v) is 44.3. The van der Waals surface area contributed by atoms with Crippen molar-refractivity contribution in [3.63, 3.8) is 0 Å². The van der Waals surface area contributed by atoms with Crippen LogP contribution < -0.4 is 0 Å². The summed E-state index contributed by atoms with van der Waals surface area (Å²) in [5.74, 6) is 0.952. The van der Waals surface area contributed by atoms with Crippen LogP contribution in [0.25, 0.3) is 165 Å². The van der Waals surface area contributed by atoms with Crippen molar-refractivity contribution in [2.24, 2.45) is 14.1 Å². The highest BCUT2D eigenvalue weighted by atomic mass is 15.1. The summed E-state index contributed by atoms with van der Waals surface area (Å²) in [6.45, 7) is 0. The lowest BCUT2D eigenvalue weighted by atomic mass is 9.81. The zero-order valence-electron chi connectivity index (χ0n) is 44.3. The molecule has 3 heteroatoms. The van der Waals surface area contributed by atoms with Crippen LogP contribution in [0.4, 0.5) is 0 Å². The minimum Gasteiger partial charge on any atom is -0.344 e. The van der Waals surface area contributed by atoms with Gasteiger partial charge in [0.1, 0.15) is 5.82 Å². The van der Waals surface area contributed by atoms with E-state index >= 15 is 0 Å². The van der Waals surface area contributed by atoms with Crippen molar-refractivity contribution in [1.29, 1.82) is 0 Å². The maximum Gasteiger partial charge on any atom is 0.140 e.